The molecule has 0 aliphatic rings. The number of hydrogen-bond donors (Lipinski definition) is 0. The van der Waals surface area contributed by atoms with Crippen LogP contribution >= 0.6 is 33.4 Å². The van der Waals surface area contributed by atoms with Gasteiger partial charge in [0.15, 0.2) is 5.78 Å². The Balaban J connectivity index is 1.41. The van der Waals surface area contributed by atoms with E-state index in [2.05, 4.69) is 91.2 Å². The summed E-state index contributed by atoms with van der Waals surface area (Å²) >= 11 is 8.21. The molecule has 1 nitrogen and oxygen atoms in total. The predicted molar refractivity (Wildman–Crippen MR) is 153 cm³/mol. The average Bonchev–Trinajstić information content (AvgIpc) is 2.95. The maximum Gasteiger partial charge on any atom is 0.193 e. The van der Waals surface area contributed by atoms with Gasteiger partial charge in [-0.05, 0) is 87.7 Å². The van der Waals surface area contributed by atoms with Crippen molar-refractivity contribution in [3.8, 4) is 0 Å². The van der Waals surface area contributed by atoms with Crippen molar-refractivity contribution in [3.05, 3.63) is 150 Å². The zero-order chi connectivity index (χ0) is 25.0. The van der Waals surface area contributed by atoms with Gasteiger partial charge in [-0.25, -0.2) is 0 Å². The summed E-state index contributed by atoms with van der Waals surface area (Å²) in [6, 6.07) is 45.1. The molecule has 0 heterocycles. The van der Waals surface area contributed by atoms with Gasteiger partial charge in [-0.3, -0.25) is 4.79 Å². The van der Waals surface area contributed by atoms with Crippen LogP contribution < -0.4 is 0 Å². The quantitative estimate of drug-likeness (QED) is 0.197. The summed E-state index contributed by atoms with van der Waals surface area (Å²) in [5.74, 6) is -0.0255. The van der Waals surface area contributed by atoms with E-state index in [1.807, 2.05) is 42.5 Å². The lowest BCUT2D eigenvalue weighted by Crippen LogP contribution is -2.01. The molecule has 0 aliphatic heterocycles. The smallest absolute Gasteiger partial charge is 0.193 e. The van der Waals surface area contributed by atoms with E-state index < -0.39 is 10.0 Å². The van der Waals surface area contributed by atoms with Crippen LogP contribution in [0.25, 0.3) is 0 Å². The number of carbonyl (C=O) groups is 1. The first-order valence-corrected chi connectivity index (χ1v) is 14.8. The highest BCUT2D eigenvalue weighted by Crippen LogP contribution is 2.65. The largest absolute Gasteiger partial charge is 0.289 e. The highest BCUT2D eigenvalue weighted by atomic mass is 35.5. The van der Waals surface area contributed by atoms with Crippen molar-refractivity contribution >= 4 is 39.2 Å². The molecule has 0 N–H and O–H groups in total. The molecule has 4 heteroatoms. The van der Waals surface area contributed by atoms with Crippen molar-refractivity contribution in [3.63, 3.8) is 0 Å². The minimum atomic E-state index is -1.39. The van der Waals surface area contributed by atoms with Crippen LogP contribution in [0.3, 0.4) is 0 Å². The van der Waals surface area contributed by atoms with Gasteiger partial charge in [0.2, 0.25) is 0 Å². The fraction of sp³-hybridized carbons (Fsp3) is 0.0312. The van der Waals surface area contributed by atoms with E-state index in [1.165, 1.54) is 14.7 Å². The SMILES string of the molecule is CS(c1ccccc1)(c1ccccc1)c1ccc(Sc2ccc(C(=O)c3ccccc3)cc2Cl)cc1. The van der Waals surface area contributed by atoms with Crippen LogP contribution in [0.2, 0.25) is 5.02 Å². The molecule has 5 aromatic rings. The zero-order valence-electron chi connectivity index (χ0n) is 19.8. The van der Waals surface area contributed by atoms with Crippen LogP contribution in [0, 0.1) is 0 Å². The molecule has 36 heavy (non-hydrogen) atoms. The van der Waals surface area contributed by atoms with Crippen LogP contribution in [-0.2, 0) is 0 Å². The molecule has 0 amide bonds. The van der Waals surface area contributed by atoms with Gasteiger partial charge in [0.1, 0.15) is 0 Å². The van der Waals surface area contributed by atoms with Gasteiger partial charge in [-0.1, -0.05) is 90.1 Å². The van der Waals surface area contributed by atoms with Crippen molar-refractivity contribution in [2.24, 2.45) is 0 Å². The van der Waals surface area contributed by atoms with Crippen LogP contribution in [0.5, 0.6) is 0 Å². The van der Waals surface area contributed by atoms with E-state index in [0.717, 1.165) is 9.79 Å². The number of benzene rings is 5. The van der Waals surface area contributed by atoms with Gasteiger partial charge >= 0.3 is 0 Å². The fourth-order valence-corrected chi connectivity index (χ4v) is 8.20. The van der Waals surface area contributed by atoms with Gasteiger partial charge in [0.05, 0.1) is 5.02 Å². The molecular weight excluding hydrogens is 500 g/mol. The highest BCUT2D eigenvalue weighted by molar-refractivity contribution is 8.33. The second-order valence-corrected chi connectivity index (χ2v) is 13.2. The number of rotatable bonds is 7. The minimum Gasteiger partial charge on any atom is -0.289 e. The highest BCUT2D eigenvalue weighted by Gasteiger charge is 2.25. The summed E-state index contributed by atoms with van der Waals surface area (Å²) in [5, 5.41) is 0.579. The summed E-state index contributed by atoms with van der Waals surface area (Å²) < 4.78 is 0. The normalized spacial score (nSPS) is 11.7. The molecule has 0 bridgehead atoms. The molecule has 0 fully saturated rings. The van der Waals surface area contributed by atoms with Gasteiger partial charge in [-0.2, -0.15) is 10.0 Å². The Kier molecular flexibility index (Phi) is 7.33. The number of hydrogen-bond acceptors (Lipinski definition) is 2. The molecule has 0 aromatic heterocycles. The Hall–Kier alpha value is -3.24. The lowest BCUT2D eigenvalue weighted by Gasteiger charge is -2.37. The molecule has 0 aliphatic carbocycles. The Morgan fingerprint density at radius 2 is 1.11 bits per heavy atom. The molecule has 0 atom stereocenters. The van der Waals surface area contributed by atoms with E-state index in [4.69, 9.17) is 11.6 Å². The second-order valence-electron chi connectivity index (χ2n) is 8.46. The molecule has 5 rings (SSSR count). The standard InChI is InChI=1S/C32H25ClOS2/c1-36(27-13-7-3-8-14-27,28-15-9-4-10-16-28)29-20-18-26(19-21-29)35-31-22-17-25(23-30(31)33)32(34)24-11-5-2-6-12-24/h2-23H,1H3. The molecule has 0 saturated carbocycles. The lowest BCUT2D eigenvalue weighted by atomic mass is 10.0. The number of carbonyl (C=O) groups excluding carboxylic acids is 1. The maximum atomic E-state index is 12.8. The summed E-state index contributed by atoms with van der Waals surface area (Å²) in [5.41, 5.74) is 1.25. The van der Waals surface area contributed by atoms with E-state index in [1.54, 1.807) is 17.8 Å². The first kappa shape index (κ1) is 24.5. The summed E-state index contributed by atoms with van der Waals surface area (Å²) in [7, 11) is -1.39. The van der Waals surface area contributed by atoms with E-state index in [0.29, 0.717) is 16.1 Å². The average molecular weight is 525 g/mol. The molecule has 0 unspecified atom stereocenters. The molecular formula is C32H25ClOS2. The minimum absolute atomic E-state index is 0.0255. The lowest BCUT2D eigenvalue weighted by molar-refractivity contribution is 0.103. The Morgan fingerprint density at radius 1 is 0.611 bits per heavy atom. The Morgan fingerprint density at radius 3 is 1.64 bits per heavy atom. The Labute approximate surface area is 223 Å². The van der Waals surface area contributed by atoms with Crippen LogP contribution in [0.1, 0.15) is 15.9 Å². The molecule has 0 saturated heterocycles. The van der Waals surface area contributed by atoms with Crippen molar-refractivity contribution in [2.75, 3.05) is 6.26 Å². The van der Waals surface area contributed by atoms with Crippen molar-refractivity contribution in [1.29, 1.82) is 0 Å². The predicted octanol–water partition coefficient (Wildman–Crippen LogP) is 9.63. The molecule has 0 radical (unpaired) electrons. The van der Waals surface area contributed by atoms with Crippen molar-refractivity contribution in [2.45, 2.75) is 24.5 Å². The van der Waals surface area contributed by atoms with Crippen LogP contribution in [-0.4, -0.2) is 12.0 Å². The fourth-order valence-electron chi connectivity index (χ4n) is 4.18. The topological polar surface area (TPSA) is 17.1 Å². The Bertz CT molecular complexity index is 1430. The second kappa shape index (κ2) is 10.8. The van der Waals surface area contributed by atoms with Crippen LogP contribution in [0.4, 0.5) is 0 Å². The summed E-state index contributed by atoms with van der Waals surface area (Å²) in [6.45, 7) is 0. The van der Waals surface area contributed by atoms with Crippen molar-refractivity contribution < 1.29 is 4.79 Å². The molecule has 178 valence electrons. The van der Waals surface area contributed by atoms with Gasteiger partial charge in [0, 0.05) is 20.9 Å². The van der Waals surface area contributed by atoms with Gasteiger partial charge < -0.3 is 0 Å². The third kappa shape index (κ3) is 5.01. The summed E-state index contributed by atoms with van der Waals surface area (Å²) in [6.07, 6.45) is 2.36. The van der Waals surface area contributed by atoms with Gasteiger partial charge in [0.25, 0.3) is 0 Å². The third-order valence-electron chi connectivity index (χ3n) is 6.18. The van der Waals surface area contributed by atoms with E-state index in [9.17, 15) is 4.79 Å². The number of ketones is 1. The van der Waals surface area contributed by atoms with E-state index in [-0.39, 0.29) is 5.78 Å². The van der Waals surface area contributed by atoms with Gasteiger partial charge in [-0.15, -0.1) is 0 Å². The van der Waals surface area contributed by atoms with Crippen molar-refractivity contribution in [1.82, 2.24) is 0 Å². The first-order valence-electron chi connectivity index (χ1n) is 11.6. The van der Waals surface area contributed by atoms with E-state index >= 15 is 0 Å². The maximum absolute atomic E-state index is 12.8. The third-order valence-corrected chi connectivity index (χ3v) is 11.3. The summed E-state index contributed by atoms with van der Waals surface area (Å²) in [4.78, 5) is 18.8. The molecule has 5 aromatic carbocycles. The monoisotopic (exact) mass is 524 g/mol. The number of halogens is 1. The zero-order valence-corrected chi connectivity index (χ0v) is 22.2. The van der Waals surface area contributed by atoms with Crippen LogP contribution in [0.15, 0.2) is 158 Å². The molecule has 0 spiro atoms. The first-order chi connectivity index (χ1) is 17.6.